The third kappa shape index (κ3) is 25.2. The Bertz CT molecular complexity index is 527. The first-order valence-electron chi connectivity index (χ1n) is 23.6. The first-order chi connectivity index (χ1) is 23.8. The summed E-state index contributed by atoms with van der Waals surface area (Å²) in [4.78, 5) is 3.11. The van der Waals surface area contributed by atoms with Gasteiger partial charge in [0.15, 0.2) is 0 Å². The summed E-state index contributed by atoms with van der Waals surface area (Å²) in [6, 6.07) is 0. The molecule has 0 radical (unpaired) electrons. The van der Waals surface area contributed by atoms with E-state index in [0.717, 1.165) is 0 Å². The van der Waals surface area contributed by atoms with Crippen LogP contribution < -0.4 is 0 Å². The van der Waals surface area contributed by atoms with Gasteiger partial charge in [-0.15, -0.1) is 0 Å². The van der Waals surface area contributed by atoms with Gasteiger partial charge in [-0.25, -0.2) is 0 Å². The molecule has 4 heteroatoms. The molecule has 296 valence electrons. The Labute approximate surface area is 326 Å². The summed E-state index contributed by atoms with van der Waals surface area (Å²) >= 11 is -6.16. The molecular weight excluding hydrogens is 911 g/mol. The van der Waals surface area contributed by atoms with E-state index in [1.165, 1.54) is 135 Å². The van der Waals surface area contributed by atoms with E-state index >= 15 is 0 Å². The Hall–Kier alpha value is 2.36. The molecule has 1 nitrogen and oxygen atoms in total. The summed E-state index contributed by atoms with van der Waals surface area (Å²) in [5.41, 5.74) is 0. The zero-order valence-electron chi connectivity index (χ0n) is 36.4. The van der Waals surface area contributed by atoms with Crippen LogP contribution >= 0.6 is 0 Å². The Kier molecular flexibility index (Phi) is 36.5. The third-order valence-corrected chi connectivity index (χ3v) is 61.5. The molecule has 0 rings (SSSR count). The van der Waals surface area contributed by atoms with Crippen LogP contribution in [0.15, 0.2) is 0 Å². The normalized spacial score (nSPS) is 12.9. The van der Waals surface area contributed by atoms with Crippen molar-refractivity contribution >= 4 is 55.1 Å². The Balaban J connectivity index is 6.00. The van der Waals surface area contributed by atoms with Gasteiger partial charge in [-0.05, 0) is 0 Å². The van der Waals surface area contributed by atoms with Crippen LogP contribution in [0, 0.1) is 0 Å². The molecule has 0 aliphatic carbocycles. The predicted octanol–water partition coefficient (Wildman–Crippen LogP) is 17.0. The number of rotatable bonds is 39. The third-order valence-electron chi connectivity index (χ3n) is 13.1. The maximum atomic E-state index is 3.11. The van der Waals surface area contributed by atoms with Crippen LogP contribution in [-0.2, 0) is 0 Å². The van der Waals surface area contributed by atoms with Crippen molar-refractivity contribution in [2.45, 2.75) is 250 Å². The molecule has 0 aromatic carbocycles. The number of hydrogen-bond donors (Lipinski definition) is 0. The minimum absolute atomic E-state index is 1.42. The van der Waals surface area contributed by atoms with Crippen molar-refractivity contribution in [2.75, 3.05) is 19.6 Å². The summed E-state index contributed by atoms with van der Waals surface area (Å²) < 4.78 is 20.5. The Morgan fingerprint density at radius 2 is 0.367 bits per heavy atom. The van der Waals surface area contributed by atoms with E-state index in [-0.39, 0.29) is 0 Å². The molecule has 0 aromatic rings. The topological polar surface area (TPSA) is 3.24 Å². The van der Waals surface area contributed by atoms with E-state index in [9.17, 15) is 0 Å². The van der Waals surface area contributed by atoms with Gasteiger partial charge >= 0.3 is 330 Å². The van der Waals surface area contributed by atoms with E-state index in [1.54, 1.807) is 72.5 Å². The van der Waals surface area contributed by atoms with Crippen molar-refractivity contribution in [3.05, 3.63) is 0 Å². The molecule has 0 aliphatic heterocycles. The molecule has 0 spiro atoms. The van der Waals surface area contributed by atoms with Gasteiger partial charge in [-0.2, -0.15) is 0 Å². The SMILES string of the molecule is CCC[CH2][Sn]([CH2]CCC)([CH2]CCC)[CH2]CCN(CC[CH2][Sn]([CH2]CCC)([CH2]CCC)[CH2]CCC)CC[CH2][Sn]([CH2]CCC)([CH2]CCC)[CH2]CCC. The number of unbranched alkanes of at least 4 members (excludes halogenated alkanes) is 9. The molecule has 0 fully saturated rings. The van der Waals surface area contributed by atoms with Crippen LogP contribution in [0.25, 0.3) is 0 Å². The van der Waals surface area contributed by atoms with Gasteiger partial charge in [-0.1, -0.05) is 0 Å². The molecule has 0 unspecified atom stereocenters. The fraction of sp³-hybridized carbons (Fsp3) is 1.00. The van der Waals surface area contributed by atoms with Crippen LogP contribution in [0.3, 0.4) is 0 Å². The van der Waals surface area contributed by atoms with Crippen molar-refractivity contribution in [2.24, 2.45) is 0 Å². The van der Waals surface area contributed by atoms with Gasteiger partial charge in [-0.3, -0.25) is 0 Å². The van der Waals surface area contributed by atoms with Gasteiger partial charge in [0.1, 0.15) is 0 Å². The van der Waals surface area contributed by atoms with E-state index in [0.29, 0.717) is 0 Å². The first-order valence-corrected chi connectivity index (χ1v) is 47.8. The average Bonchev–Trinajstić information content (AvgIpc) is 3.12. The Morgan fingerprint density at radius 3 is 0.510 bits per heavy atom. The van der Waals surface area contributed by atoms with Crippen molar-refractivity contribution in [3.8, 4) is 0 Å². The Morgan fingerprint density at radius 1 is 0.224 bits per heavy atom. The summed E-state index contributed by atoms with van der Waals surface area (Å²) in [7, 11) is 0. The fourth-order valence-electron chi connectivity index (χ4n) is 9.58. The number of hydrogen-bond acceptors (Lipinski definition) is 1. The quantitative estimate of drug-likeness (QED) is 0.0555. The second-order valence-corrected chi connectivity index (χ2v) is 60.4. The second kappa shape index (κ2) is 34.8. The zero-order valence-corrected chi connectivity index (χ0v) is 45.0. The second-order valence-electron chi connectivity index (χ2n) is 17.6. The molecule has 0 N–H and O–H groups in total. The summed E-state index contributed by atoms with van der Waals surface area (Å²) in [6.45, 7) is 26.5. The molecule has 0 aliphatic rings. The zero-order chi connectivity index (χ0) is 36.5. The molecule has 0 saturated carbocycles. The molecule has 0 heterocycles. The molecule has 0 aromatic heterocycles. The standard InChI is InChI=1S/C9H18N.9C4H9.3Sn/c1-4-7-10(8-5-2)9-6-3;9*1-3-4-2;;;/h1-9H2;9*1,3-4H2,2H3;;;. The average molecular weight is 1010 g/mol. The van der Waals surface area contributed by atoms with Gasteiger partial charge in [0.25, 0.3) is 0 Å². The maximum absolute atomic E-state index is 3.11. The summed E-state index contributed by atoms with van der Waals surface area (Å²) in [5.74, 6) is 0. The summed E-state index contributed by atoms with van der Waals surface area (Å²) in [5, 5.41) is 0. The van der Waals surface area contributed by atoms with Gasteiger partial charge in [0, 0.05) is 0 Å². The van der Waals surface area contributed by atoms with E-state index in [4.69, 9.17) is 0 Å². The predicted molar refractivity (Wildman–Crippen MR) is 239 cm³/mol. The van der Waals surface area contributed by atoms with Crippen molar-refractivity contribution < 1.29 is 0 Å². The van der Waals surface area contributed by atoms with E-state index in [1.807, 2.05) is 0 Å². The van der Waals surface area contributed by atoms with Crippen LogP contribution in [0.5, 0.6) is 0 Å². The van der Waals surface area contributed by atoms with Crippen LogP contribution in [0.4, 0.5) is 0 Å². The number of nitrogens with zero attached hydrogens (tertiary/aromatic N) is 1. The fourth-order valence-corrected chi connectivity index (χ4v) is 58.6. The van der Waals surface area contributed by atoms with Crippen molar-refractivity contribution in [1.29, 1.82) is 0 Å². The van der Waals surface area contributed by atoms with Crippen LogP contribution in [0.2, 0.25) is 53.2 Å². The molecular formula is C45H99NSn3. The van der Waals surface area contributed by atoms with E-state index in [2.05, 4.69) is 67.2 Å². The van der Waals surface area contributed by atoms with Crippen molar-refractivity contribution in [3.63, 3.8) is 0 Å². The molecule has 0 saturated heterocycles. The molecule has 49 heavy (non-hydrogen) atoms. The molecule has 0 bridgehead atoms. The summed E-state index contributed by atoms with van der Waals surface area (Å²) in [6.07, 6.45) is 31.3. The molecule has 0 atom stereocenters. The first kappa shape index (κ1) is 51.4. The van der Waals surface area contributed by atoms with E-state index < -0.39 is 55.1 Å². The van der Waals surface area contributed by atoms with Gasteiger partial charge in [0.05, 0.1) is 0 Å². The van der Waals surface area contributed by atoms with Gasteiger partial charge in [0.2, 0.25) is 0 Å². The minimum atomic E-state index is -2.05. The van der Waals surface area contributed by atoms with Gasteiger partial charge < -0.3 is 0 Å². The molecule has 0 amide bonds. The monoisotopic (exact) mass is 1010 g/mol. The van der Waals surface area contributed by atoms with Crippen LogP contribution in [-0.4, -0.2) is 79.7 Å². The van der Waals surface area contributed by atoms with Crippen LogP contribution in [0.1, 0.15) is 197 Å². The van der Waals surface area contributed by atoms with Crippen molar-refractivity contribution in [1.82, 2.24) is 4.90 Å².